The summed E-state index contributed by atoms with van der Waals surface area (Å²) < 4.78 is 37.4. The van der Waals surface area contributed by atoms with Crippen LogP contribution in [-0.2, 0) is 4.79 Å². The van der Waals surface area contributed by atoms with E-state index < -0.39 is 11.4 Å². The van der Waals surface area contributed by atoms with Crippen LogP contribution in [0.4, 0.5) is 18.9 Å². The fraction of sp³-hybridized carbons (Fsp3) is 0.0667. The number of benzene rings is 1. The number of para-hydroxylation sites is 1. The van der Waals surface area contributed by atoms with Crippen molar-refractivity contribution in [1.82, 2.24) is 4.98 Å². The summed E-state index contributed by atoms with van der Waals surface area (Å²) in [4.78, 5) is 15.7. The van der Waals surface area contributed by atoms with Gasteiger partial charge in [0.25, 0.3) is 0 Å². The first-order chi connectivity index (χ1) is 10.4. The van der Waals surface area contributed by atoms with Crippen molar-refractivity contribution in [1.29, 1.82) is 0 Å². The van der Waals surface area contributed by atoms with Gasteiger partial charge in [-0.25, -0.2) is 0 Å². The molecule has 7 heteroatoms. The molecule has 1 aromatic carbocycles. The van der Waals surface area contributed by atoms with E-state index >= 15 is 0 Å². The van der Waals surface area contributed by atoms with Crippen LogP contribution in [0.15, 0.2) is 59.6 Å². The highest BCUT2D eigenvalue weighted by Crippen LogP contribution is 2.40. The molecule has 1 heterocycles. The van der Waals surface area contributed by atoms with Crippen molar-refractivity contribution in [2.24, 2.45) is 0 Å². The molecule has 0 aliphatic carbocycles. The quantitative estimate of drug-likeness (QED) is 0.672. The lowest BCUT2D eigenvalue weighted by Crippen LogP contribution is -2.09. The number of rotatable bonds is 4. The highest BCUT2D eigenvalue weighted by atomic mass is 32.2. The molecular formula is C15H11F3N2OS. The predicted molar refractivity (Wildman–Crippen MR) is 80.3 cm³/mol. The minimum Gasteiger partial charge on any atom is -0.321 e. The summed E-state index contributed by atoms with van der Waals surface area (Å²) in [5.41, 5.74) is -3.72. The van der Waals surface area contributed by atoms with Crippen LogP contribution in [0.2, 0.25) is 0 Å². The van der Waals surface area contributed by atoms with Crippen LogP contribution >= 0.6 is 11.8 Å². The predicted octanol–water partition coefficient (Wildman–Crippen LogP) is 4.35. The fourth-order valence-electron chi connectivity index (χ4n) is 1.59. The van der Waals surface area contributed by atoms with Gasteiger partial charge in [0.15, 0.2) is 0 Å². The highest BCUT2D eigenvalue weighted by molar-refractivity contribution is 8.00. The van der Waals surface area contributed by atoms with Gasteiger partial charge in [-0.05, 0) is 42.1 Å². The Kier molecular flexibility index (Phi) is 5.21. The minimum absolute atomic E-state index is 0.0606. The topological polar surface area (TPSA) is 42.0 Å². The summed E-state index contributed by atoms with van der Waals surface area (Å²) in [7, 11) is 0. The molecule has 1 amide bonds. The van der Waals surface area contributed by atoms with Crippen molar-refractivity contribution >= 4 is 29.4 Å². The Morgan fingerprint density at radius 1 is 1.14 bits per heavy atom. The third kappa shape index (κ3) is 5.25. The number of carbonyl (C=O) groups is 1. The van der Waals surface area contributed by atoms with E-state index in [0.717, 1.165) is 0 Å². The molecule has 0 bridgehead atoms. The van der Waals surface area contributed by atoms with E-state index in [0.29, 0.717) is 5.69 Å². The molecule has 0 spiro atoms. The monoisotopic (exact) mass is 324 g/mol. The number of carbonyl (C=O) groups excluding carboxylic acids is 1. The molecule has 0 aliphatic heterocycles. The lowest BCUT2D eigenvalue weighted by atomic mass is 10.3. The van der Waals surface area contributed by atoms with Gasteiger partial charge in [0, 0.05) is 17.2 Å². The maximum atomic E-state index is 12.5. The molecule has 0 radical (unpaired) electrons. The van der Waals surface area contributed by atoms with Crippen LogP contribution < -0.4 is 5.32 Å². The Labute approximate surface area is 129 Å². The summed E-state index contributed by atoms with van der Waals surface area (Å²) in [5, 5.41) is 2.43. The lowest BCUT2D eigenvalue weighted by Gasteiger charge is -2.11. The molecule has 1 N–H and O–H groups in total. The van der Waals surface area contributed by atoms with Crippen LogP contribution in [0.3, 0.4) is 0 Å². The number of anilines is 1. The van der Waals surface area contributed by atoms with Gasteiger partial charge in [-0.3, -0.25) is 9.78 Å². The maximum Gasteiger partial charge on any atom is 0.446 e. The second-order valence-corrected chi connectivity index (χ2v) is 5.23. The number of thioether (sulfide) groups is 1. The molecule has 2 aromatic rings. The highest BCUT2D eigenvalue weighted by Gasteiger charge is 2.30. The van der Waals surface area contributed by atoms with Crippen molar-refractivity contribution in [2.45, 2.75) is 10.4 Å². The molecule has 0 unspecified atom stereocenters. The van der Waals surface area contributed by atoms with Gasteiger partial charge < -0.3 is 5.32 Å². The molecule has 0 atom stereocenters. The summed E-state index contributed by atoms with van der Waals surface area (Å²) >= 11 is -0.267. The van der Waals surface area contributed by atoms with E-state index in [1.807, 2.05) is 0 Å². The largest absolute Gasteiger partial charge is 0.446 e. The third-order valence-corrected chi connectivity index (χ3v) is 3.27. The Morgan fingerprint density at radius 3 is 2.55 bits per heavy atom. The fourth-order valence-corrected chi connectivity index (χ4v) is 2.22. The molecule has 2 rings (SSSR count). The van der Waals surface area contributed by atoms with E-state index in [-0.39, 0.29) is 22.3 Å². The molecular weight excluding hydrogens is 313 g/mol. The van der Waals surface area contributed by atoms with Crippen LogP contribution in [0.1, 0.15) is 5.69 Å². The van der Waals surface area contributed by atoms with Crippen LogP contribution in [-0.4, -0.2) is 16.4 Å². The molecule has 0 saturated heterocycles. The Morgan fingerprint density at radius 2 is 1.86 bits per heavy atom. The van der Waals surface area contributed by atoms with Crippen molar-refractivity contribution < 1.29 is 18.0 Å². The van der Waals surface area contributed by atoms with Crippen molar-refractivity contribution in [2.75, 3.05) is 5.32 Å². The van der Waals surface area contributed by atoms with Gasteiger partial charge in [-0.2, -0.15) is 13.2 Å². The first-order valence-electron chi connectivity index (χ1n) is 6.19. The van der Waals surface area contributed by atoms with Crippen LogP contribution in [0.25, 0.3) is 6.08 Å². The zero-order valence-electron chi connectivity index (χ0n) is 11.2. The van der Waals surface area contributed by atoms with Crippen molar-refractivity contribution in [3.05, 3.63) is 60.4 Å². The first kappa shape index (κ1) is 16.1. The number of alkyl halides is 3. The summed E-state index contributed by atoms with van der Waals surface area (Å²) in [6, 6.07) is 11.0. The van der Waals surface area contributed by atoms with Gasteiger partial charge in [0.2, 0.25) is 5.91 Å². The molecule has 0 aliphatic rings. The standard InChI is InChI=1S/C15H11F3N2OS/c16-15(17,18)22-13-7-2-1-6-12(13)20-14(21)9-8-11-5-3-4-10-19-11/h1-10H,(H,20,21). The first-order valence-corrected chi connectivity index (χ1v) is 7.00. The SMILES string of the molecule is O=C(C=Cc1ccccn1)Nc1ccccc1SC(F)(F)F. The number of nitrogens with one attached hydrogen (secondary N) is 1. The average molecular weight is 324 g/mol. The summed E-state index contributed by atoms with van der Waals surface area (Å²) in [6.07, 6.45) is 4.28. The molecule has 22 heavy (non-hydrogen) atoms. The second kappa shape index (κ2) is 7.13. The zero-order chi connectivity index (χ0) is 16.0. The normalized spacial score (nSPS) is 11.6. The average Bonchev–Trinajstić information content (AvgIpc) is 2.47. The number of aromatic nitrogens is 1. The van der Waals surface area contributed by atoms with Gasteiger partial charge in [-0.15, -0.1) is 0 Å². The Bertz CT molecular complexity index is 672. The summed E-state index contributed by atoms with van der Waals surface area (Å²) in [6.45, 7) is 0. The zero-order valence-corrected chi connectivity index (χ0v) is 12.0. The van der Waals surface area contributed by atoms with Crippen LogP contribution in [0.5, 0.6) is 0 Å². The van der Waals surface area contributed by atoms with Crippen molar-refractivity contribution in [3.63, 3.8) is 0 Å². The number of nitrogens with zero attached hydrogens (tertiary/aromatic N) is 1. The minimum atomic E-state index is -4.41. The third-order valence-electron chi connectivity index (χ3n) is 2.46. The second-order valence-electron chi connectivity index (χ2n) is 4.12. The molecule has 114 valence electrons. The maximum absolute atomic E-state index is 12.5. The van der Waals surface area contributed by atoms with Gasteiger partial charge in [-0.1, -0.05) is 18.2 Å². The van der Waals surface area contributed by atoms with E-state index in [1.54, 1.807) is 30.5 Å². The molecule has 3 nitrogen and oxygen atoms in total. The van der Waals surface area contributed by atoms with E-state index in [9.17, 15) is 18.0 Å². The molecule has 0 fully saturated rings. The van der Waals surface area contributed by atoms with E-state index in [4.69, 9.17) is 0 Å². The van der Waals surface area contributed by atoms with Gasteiger partial charge in [0.05, 0.1) is 11.4 Å². The van der Waals surface area contributed by atoms with Gasteiger partial charge >= 0.3 is 5.51 Å². The molecule has 0 saturated carbocycles. The number of hydrogen-bond acceptors (Lipinski definition) is 3. The lowest BCUT2D eigenvalue weighted by molar-refractivity contribution is -0.111. The Balaban J connectivity index is 2.07. The number of halogens is 3. The smallest absolute Gasteiger partial charge is 0.321 e. The van der Waals surface area contributed by atoms with E-state index in [1.165, 1.54) is 30.4 Å². The number of pyridine rings is 1. The molecule has 1 aromatic heterocycles. The number of hydrogen-bond donors (Lipinski definition) is 1. The Hall–Kier alpha value is -2.28. The number of amides is 1. The van der Waals surface area contributed by atoms with Crippen LogP contribution in [0, 0.1) is 0 Å². The van der Waals surface area contributed by atoms with Crippen molar-refractivity contribution in [3.8, 4) is 0 Å². The van der Waals surface area contributed by atoms with E-state index in [2.05, 4.69) is 10.3 Å². The van der Waals surface area contributed by atoms with Gasteiger partial charge in [0.1, 0.15) is 0 Å². The summed E-state index contributed by atoms with van der Waals surface area (Å²) in [5.74, 6) is -0.527.